The molecule has 0 atom stereocenters. The van der Waals surface area contributed by atoms with Crippen molar-refractivity contribution < 1.29 is 27.3 Å². The number of anilines is 1. The van der Waals surface area contributed by atoms with Crippen molar-refractivity contribution >= 4 is 22.9 Å². The summed E-state index contributed by atoms with van der Waals surface area (Å²) in [5, 5.41) is 9.98. The predicted octanol–water partition coefficient (Wildman–Crippen LogP) is 3.93. The van der Waals surface area contributed by atoms with E-state index in [-0.39, 0.29) is 29.0 Å². The van der Waals surface area contributed by atoms with E-state index in [0.717, 1.165) is 45.2 Å². The number of fused-ring (bicyclic) bond motifs is 4. The number of alkyl halides is 2. The summed E-state index contributed by atoms with van der Waals surface area (Å²) < 4.78 is 52.3. The summed E-state index contributed by atoms with van der Waals surface area (Å²) in [7, 11) is 2.10. The summed E-state index contributed by atoms with van der Waals surface area (Å²) >= 11 is 0. The smallest absolute Gasteiger partial charge is 0.268 e. The van der Waals surface area contributed by atoms with Crippen LogP contribution in [0.1, 0.15) is 40.0 Å². The van der Waals surface area contributed by atoms with Gasteiger partial charge in [0.1, 0.15) is 11.6 Å². The number of piperazine rings is 1. The van der Waals surface area contributed by atoms with Gasteiger partial charge < -0.3 is 19.9 Å². The number of likely N-dealkylation sites (N-methyl/N-ethyl adjacent to an activating group) is 1. The van der Waals surface area contributed by atoms with Crippen molar-refractivity contribution in [3.05, 3.63) is 58.5 Å². The first-order chi connectivity index (χ1) is 19.4. The van der Waals surface area contributed by atoms with Gasteiger partial charge in [0.2, 0.25) is 11.3 Å². The van der Waals surface area contributed by atoms with Crippen LogP contribution in [0.3, 0.4) is 0 Å². The molecule has 0 radical (unpaired) electrons. The Hall–Kier alpha value is -4.10. The van der Waals surface area contributed by atoms with Crippen LogP contribution in [0.2, 0.25) is 0 Å². The number of ether oxygens (including phenoxy) is 1. The third kappa shape index (κ3) is 4.97. The van der Waals surface area contributed by atoms with E-state index in [9.17, 15) is 18.0 Å². The van der Waals surface area contributed by atoms with Crippen LogP contribution in [-0.2, 0) is 6.42 Å². The maximum absolute atomic E-state index is 14.2. The molecule has 13 heteroatoms. The molecule has 0 bridgehead atoms. The van der Waals surface area contributed by atoms with Crippen LogP contribution < -0.4 is 10.1 Å². The summed E-state index contributed by atoms with van der Waals surface area (Å²) in [6.07, 6.45) is -2.15. The molecule has 1 aliphatic carbocycles. The Balaban J connectivity index is 1.30. The van der Waals surface area contributed by atoms with E-state index in [2.05, 4.69) is 42.4 Å². The highest BCUT2D eigenvalue weighted by atomic mass is 19.3. The largest absolute Gasteiger partial charge is 0.493 e. The number of nitrogens with zero attached hydrogens (tertiary/aromatic N) is 6. The highest BCUT2D eigenvalue weighted by molar-refractivity contribution is 6.09. The van der Waals surface area contributed by atoms with Gasteiger partial charge in [-0.2, -0.15) is 0 Å². The molecule has 208 valence electrons. The summed E-state index contributed by atoms with van der Waals surface area (Å²) in [5.41, 5.74) is 1.74. The molecule has 3 heterocycles. The molecule has 6 rings (SSSR count). The summed E-state index contributed by atoms with van der Waals surface area (Å²) in [6.45, 7) is 5.18. The van der Waals surface area contributed by atoms with Gasteiger partial charge in [-0.3, -0.25) is 4.79 Å². The molecule has 40 heavy (non-hydrogen) atoms. The Kier molecular flexibility index (Phi) is 7.07. The van der Waals surface area contributed by atoms with Crippen molar-refractivity contribution in [2.24, 2.45) is 0 Å². The molecule has 0 saturated carbocycles. The van der Waals surface area contributed by atoms with Gasteiger partial charge in [0.05, 0.1) is 34.8 Å². The first-order valence-corrected chi connectivity index (χ1v) is 13.0. The maximum atomic E-state index is 14.2. The number of carbonyl (C=O) groups is 1. The van der Waals surface area contributed by atoms with Crippen LogP contribution in [0.5, 0.6) is 5.75 Å². The Bertz CT molecular complexity index is 1570. The summed E-state index contributed by atoms with van der Waals surface area (Å²) in [5.74, 6) is -1.50. The van der Waals surface area contributed by atoms with Crippen molar-refractivity contribution in [1.82, 2.24) is 30.1 Å². The Morgan fingerprint density at radius 3 is 2.65 bits per heavy atom. The number of rotatable bonds is 8. The number of hydrogen-bond acceptors (Lipinski definition) is 9. The lowest BCUT2D eigenvalue weighted by Crippen LogP contribution is -2.44. The average molecular weight is 554 g/mol. The second-order valence-electron chi connectivity index (χ2n) is 9.87. The van der Waals surface area contributed by atoms with Gasteiger partial charge in [-0.15, -0.1) is 0 Å². The van der Waals surface area contributed by atoms with Gasteiger partial charge >= 0.3 is 0 Å². The molecule has 1 saturated heterocycles. The molecule has 2 aromatic heterocycles. The second kappa shape index (κ2) is 10.8. The zero-order chi connectivity index (χ0) is 27.8. The molecule has 10 nitrogen and oxygen atoms in total. The predicted molar refractivity (Wildman–Crippen MR) is 139 cm³/mol. The number of carbonyl (C=O) groups excluding carboxylic acids is 1. The van der Waals surface area contributed by atoms with Gasteiger partial charge in [0, 0.05) is 44.7 Å². The van der Waals surface area contributed by atoms with E-state index in [1.54, 1.807) is 12.1 Å². The standard InChI is InChI=1S/C27H26F3N7O3/c1-36-9-11-37(12-10-36)8-3-13-39-20-7-6-15-16(14-19-23(15)33-26-25(31-19)34-40-35-26)21(20)27(38)32-18-5-2-4-17(28)22(18)24(29)30/h2,4-7,24H,3,8-14H2,1H3,(H,32,38). The minimum atomic E-state index is -3.11. The summed E-state index contributed by atoms with van der Waals surface area (Å²) in [6, 6.07) is 6.88. The van der Waals surface area contributed by atoms with Crippen molar-refractivity contribution in [2.45, 2.75) is 19.3 Å². The third-order valence-electron chi connectivity index (χ3n) is 7.28. The van der Waals surface area contributed by atoms with Crippen LogP contribution in [0.25, 0.3) is 22.6 Å². The van der Waals surface area contributed by atoms with Gasteiger partial charge in [-0.1, -0.05) is 6.07 Å². The van der Waals surface area contributed by atoms with E-state index in [4.69, 9.17) is 9.37 Å². The molecule has 1 fully saturated rings. The molecular formula is C27H26F3N7O3. The van der Waals surface area contributed by atoms with E-state index in [0.29, 0.717) is 34.9 Å². The number of halogens is 3. The molecule has 0 unspecified atom stereocenters. The molecular weight excluding hydrogens is 527 g/mol. The highest BCUT2D eigenvalue weighted by Crippen LogP contribution is 2.41. The lowest BCUT2D eigenvalue weighted by molar-refractivity contribution is 0.102. The second-order valence-corrected chi connectivity index (χ2v) is 9.87. The molecule has 4 aromatic rings. The molecule has 1 N–H and O–H groups in total. The lowest BCUT2D eigenvalue weighted by Gasteiger charge is -2.32. The maximum Gasteiger partial charge on any atom is 0.268 e. The molecule has 2 aromatic carbocycles. The van der Waals surface area contributed by atoms with E-state index in [1.807, 2.05) is 0 Å². The van der Waals surface area contributed by atoms with Crippen molar-refractivity contribution in [3.8, 4) is 17.0 Å². The number of amides is 1. The monoisotopic (exact) mass is 553 g/mol. The minimum absolute atomic E-state index is 0.159. The van der Waals surface area contributed by atoms with Crippen LogP contribution in [0.4, 0.5) is 18.9 Å². The van der Waals surface area contributed by atoms with Crippen molar-refractivity contribution in [1.29, 1.82) is 0 Å². The number of nitrogens with one attached hydrogen (secondary N) is 1. The minimum Gasteiger partial charge on any atom is -0.493 e. The SMILES string of the molecule is CN1CCN(CCCOc2ccc3c(c2C(=O)Nc2cccc(F)c2C(F)F)Cc2nc4nonc4nc2-3)CC1. The zero-order valence-corrected chi connectivity index (χ0v) is 21.7. The van der Waals surface area contributed by atoms with Crippen molar-refractivity contribution in [3.63, 3.8) is 0 Å². The van der Waals surface area contributed by atoms with E-state index < -0.39 is 23.7 Å². The van der Waals surface area contributed by atoms with Gasteiger partial charge in [-0.05, 0) is 53.6 Å². The number of hydrogen-bond donors (Lipinski definition) is 1. The Morgan fingerprint density at radius 2 is 1.88 bits per heavy atom. The van der Waals surface area contributed by atoms with E-state index in [1.165, 1.54) is 12.1 Å². The number of aromatic nitrogens is 4. The quantitative estimate of drug-likeness (QED) is 0.286. The fourth-order valence-electron chi connectivity index (χ4n) is 5.17. The Labute approximate surface area is 227 Å². The molecule has 0 spiro atoms. The fourth-order valence-corrected chi connectivity index (χ4v) is 5.17. The van der Waals surface area contributed by atoms with Gasteiger partial charge in [-0.25, -0.2) is 27.8 Å². The normalized spacial score (nSPS) is 15.4. The first-order valence-electron chi connectivity index (χ1n) is 13.0. The Morgan fingerprint density at radius 1 is 1.10 bits per heavy atom. The topological polar surface area (TPSA) is 110 Å². The van der Waals surface area contributed by atoms with Gasteiger partial charge in [0.25, 0.3) is 12.3 Å². The van der Waals surface area contributed by atoms with Crippen LogP contribution in [0.15, 0.2) is 35.0 Å². The molecule has 1 aliphatic heterocycles. The lowest BCUT2D eigenvalue weighted by atomic mass is 10.00. The number of benzene rings is 2. The van der Waals surface area contributed by atoms with Crippen LogP contribution in [0, 0.1) is 5.82 Å². The summed E-state index contributed by atoms with van der Waals surface area (Å²) in [4.78, 5) is 27.3. The van der Waals surface area contributed by atoms with Crippen LogP contribution in [-0.4, -0.2) is 82.4 Å². The van der Waals surface area contributed by atoms with Crippen LogP contribution >= 0.6 is 0 Å². The average Bonchev–Trinajstić information content (AvgIpc) is 3.53. The first kappa shape index (κ1) is 26.1. The van der Waals surface area contributed by atoms with E-state index >= 15 is 0 Å². The van der Waals surface area contributed by atoms with Crippen molar-refractivity contribution in [2.75, 3.05) is 51.7 Å². The fraction of sp³-hybridized carbons (Fsp3) is 0.370. The molecule has 1 amide bonds. The molecule has 2 aliphatic rings. The third-order valence-corrected chi connectivity index (χ3v) is 7.28. The van der Waals surface area contributed by atoms with Gasteiger partial charge in [0.15, 0.2) is 0 Å². The zero-order valence-electron chi connectivity index (χ0n) is 21.7. The highest BCUT2D eigenvalue weighted by Gasteiger charge is 2.31.